The van der Waals surface area contributed by atoms with Gasteiger partial charge in [0.1, 0.15) is 0 Å². The second kappa shape index (κ2) is 4.30. The van der Waals surface area contributed by atoms with Crippen LogP contribution in [0.5, 0.6) is 5.75 Å². The molecule has 96 valence electrons. The predicted molar refractivity (Wildman–Crippen MR) is 70.8 cm³/mol. The summed E-state index contributed by atoms with van der Waals surface area (Å²) in [7, 11) is 1.52. The van der Waals surface area contributed by atoms with E-state index in [2.05, 4.69) is 11.5 Å². The highest BCUT2D eigenvalue weighted by atomic mass is 19.1. The lowest BCUT2D eigenvalue weighted by Gasteiger charge is -2.09. The molecule has 0 saturated carbocycles. The fraction of sp³-hybridized carbons (Fsp3) is 0.467. The van der Waals surface area contributed by atoms with E-state index >= 15 is 0 Å². The van der Waals surface area contributed by atoms with Crippen molar-refractivity contribution in [3.05, 3.63) is 29.2 Å². The first-order chi connectivity index (χ1) is 8.76. The third kappa shape index (κ3) is 1.53. The minimum atomic E-state index is -0.256. The Morgan fingerprint density at radius 1 is 1.33 bits per heavy atom. The fourth-order valence-corrected chi connectivity index (χ4v) is 3.10. The maximum absolute atomic E-state index is 13.8. The molecule has 18 heavy (non-hydrogen) atoms. The Labute approximate surface area is 106 Å². The molecule has 3 rings (SSSR count). The van der Waals surface area contributed by atoms with E-state index in [-0.39, 0.29) is 5.82 Å². The topological polar surface area (TPSA) is 14.2 Å². The van der Waals surface area contributed by atoms with Gasteiger partial charge in [0.05, 0.1) is 12.6 Å². The van der Waals surface area contributed by atoms with Crippen molar-refractivity contribution in [2.75, 3.05) is 7.11 Å². The summed E-state index contributed by atoms with van der Waals surface area (Å²) in [5, 5.41) is 1.08. The molecule has 0 bridgehead atoms. The second-order valence-electron chi connectivity index (χ2n) is 4.93. The van der Waals surface area contributed by atoms with Gasteiger partial charge in [-0.05, 0) is 37.3 Å². The molecule has 2 aromatic rings. The molecule has 0 N–H and O–H groups in total. The van der Waals surface area contributed by atoms with E-state index in [1.54, 1.807) is 6.07 Å². The van der Waals surface area contributed by atoms with Crippen LogP contribution in [0, 0.1) is 5.82 Å². The Bertz CT molecular complexity index is 600. The number of aromatic nitrogens is 1. The zero-order valence-electron chi connectivity index (χ0n) is 10.9. The molecular weight excluding hydrogens is 229 g/mol. The van der Waals surface area contributed by atoms with Crippen LogP contribution in [0.15, 0.2) is 12.1 Å². The maximum atomic E-state index is 13.8. The second-order valence-corrected chi connectivity index (χ2v) is 4.93. The maximum Gasteiger partial charge on any atom is 0.165 e. The molecule has 0 saturated heterocycles. The zero-order chi connectivity index (χ0) is 12.7. The third-order valence-electron chi connectivity index (χ3n) is 3.85. The number of rotatable bonds is 3. The number of halogens is 1. The van der Waals surface area contributed by atoms with Crippen LogP contribution in [0.4, 0.5) is 4.39 Å². The number of hydrogen-bond acceptors (Lipinski definition) is 1. The monoisotopic (exact) mass is 247 g/mol. The summed E-state index contributed by atoms with van der Waals surface area (Å²) in [5.41, 5.74) is 3.87. The van der Waals surface area contributed by atoms with Gasteiger partial charge in [-0.15, -0.1) is 0 Å². The van der Waals surface area contributed by atoms with Crippen molar-refractivity contribution in [3.63, 3.8) is 0 Å². The van der Waals surface area contributed by atoms with Gasteiger partial charge in [-0.3, -0.25) is 0 Å². The number of hydrogen-bond donors (Lipinski definition) is 0. The summed E-state index contributed by atoms with van der Waals surface area (Å²) in [5.74, 6) is 0.0874. The Morgan fingerprint density at radius 3 is 2.89 bits per heavy atom. The Balaban J connectivity index is 2.30. The van der Waals surface area contributed by atoms with Crippen molar-refractivity contribution in [2.45, 2.75) is 39.2 Å². The van der Waals surface area contributed by atoms with Crippen LogP contribution in [-0.2, 0) is 19.4 Å². The van der Waals surface area contributed by atoms with Gasteiger partial charge in [-0.25, -0.2) is 4.39 Å². The Kier molecular flexibility index (Phi) is 2.77. The highest BCUT2D eigenvalue weighted by Gasteiger charge is 2.22. The summed E-state index contributed by atoms with van der Waals surface area (Å²) in [6, 6.07) is 3.49. The molecular formula is C15H18FNO. The molecule has 0 radical (unpaired) electrons. The lowest BCUT2D eigenvalue weighted by molar-refractivity contribution is 0.387. The van der Waals surface area contributed by atoms with Gasteiger partial charge in [-0.1, -0.05) is 6.92 Å². The molecule has 2 nitrogen and oxygen atoms in total. The lowest BCUT2D eigenvalue weighted by Crippen LogP contribution is -2.01. The smallest absolute Gasteiger partial charge is 0.165 e. The first-order valence-corrected chi connectivity index (χ1v) is 6.63. The SMILES string of the molecule is CCCn1c2c(c3cc(F)c(OC)cc31)CCC2. The van der Waals surface area contributed by atoms with Gasteiger partial charge < -0.3 is 9.30 Å². The van der Waals surface area contributed by atoms with Crippen molar-refractivity contribution in [2.24, 2.45) is 0 Å². The van der Waals surface area contributed by atoms with E-state index in [0.717, 1.165) is 36.7 Å². The minimum absolute atomic E-state index is 0.256. The van der Waals surface area contributed by atoms with E-state index in [4.69, 9.17) is 4.74 Å². The highest BCUT2D eigenvalue weighted by molar-refractivity contribution is 5.87. The number of aryl methyl sites for hydroxylation is 2. The fourth-order valence-electron chi connectivity index (χ4n) is 3.10. The van der Waals surface area contributed by atoms with Gasteiger partial charge >= 0.3 is 0 Å². The summed E-state index contributed by atoms with van der Waals surface area (Å²) in [4.78, 5) is 0. The Hall–Kier alpha value is -1.51. The molecule has 0 amide bonds. The van der Waals surface area contributed by atoms with Gasteiger partial charge in [0, 0.05) is 23.7 Å². The van der Waals surface area contributed by atoms with Gasteiger partial charge in [0.25, 0.3) is 0 Å². The van der Waals surface area contributed by atoms with Crippen LogP contribution in [0.25, 0.3) is 10.9 Å². The van der Waals surface area contributed by atoms with Crippen LogP contribution in [-0.4, -0.2) is 11.7 Å². The summed E-state index contributed by atoms with van der Waals surface area (Å²) < 4.78 is 21.3. The number of benzene rings is 1. The van der Waals surface area contributed by atoms with E-state index in [9.17, 15) is 4.39 Å². The highest BCUT2D eigenvalue weighted by Crippen LogP contribution is 2.36. The molecule has 0 fully saturated rings. The van der Waals surface area contributed by atoms with Crippen molar-refractivity contribution < 1.29 is 9.13 Å². The quantitative estimate of drug-likeness (QED) is 0.807. The average Bonchev–Trinajstić information content (AvgIpc) is 2.93. The van der Waals surface area contributed by atoms with Crippen molar-refractivity contribution in [3.8, 4) is 5.75 Å². The average molecular weight is 247 g/mol. The first-order valence-electron chi connectivity index (χ1n) is 6.63. The van der Waals surface area contributed by atoms with Crippen molar-refractivity contribution in [1.29, 1.82) is 0 Å². The normalized spacial score (nSPS) is 14.2. The molecule has 1 aliphatic rings. The molecule has 0 unspecified atom stereocenters. The van der Waals surface area contributed by atoms with Crippen molar-refractivity contribution in [1.82, 2.24) is 4.57 Å². The third-order valence-corrected chi connectivity index (χ3v) is 3.85. The Morgan fingerprint density at radius 2 is 2.17 bits per heavy atom. The number of nitrogens with zero attached hydrogens (tertiary/aromatic N) is 1. The lowest BCUT2D eigenvalue weighted by atomic mass is 10.1. The molecule has 0 aliphatic heterocycles. The molecule has 3 heteroatoms. The molecule has 1 heterocycles. The van der Waals surface area contributed by atoms with Crippen LogP contribution in [0.3, 0.4) is 0 Å². The zero-order valence-corrected chi connectivity index (χ0v) is 10.9. The molecule has 1 aromatic carbocycles. The van der Waals surface area contributed by atoms with E-state index < -0.39 is 0 Å². The summed E-state index contributed by atoms with van der Waals surface area (Å²) in [6.45, 7) is 3.18. The largest absolute Gasteiger partial charge is 0.494 e. The van der Waals surface area contributed by atoms with Crippen LogP contribution >= 0.6 is 0 Å². The van der Waals surface area contributed by atoms with E-state index in [1.807, 2.05) is 6.07 Å². The van der Waals surface area contributed by atoms with E-state index in [1.165, 1.54) is 24.8 Å². The number of ether oxygens (including phenoxy) is 1. The molecule has 0 spiro atoms. The number of methoxy groups -OCH3 is 1. The van der Waals surface area contributed by atoms with Crippen LogP contribution < -0.4 is 4.74 Å². The summed E-state index contributed by atoms with van der Waals surface area (Å²) in [6.07, 6.45) is 4.48. The van der Waals surface area contributed by atoms with Gasteiger partial charge in [0.2, 0.25) is 0 Å². The van der Waals surface area contributed by atoms with Crippen LogP contribution in [0.1, 0.15) is 31.0 Å². The molecule has 1 aliphatic carbocycles. The van der Waals surface area contributed by atoms with E-state index in [0.29, 0.717) is 5.75 Å². The van der Waals surface area contributed by atoms with Crippen molar-refractivity contribution >= 4 is 10.9 Å². The molecule has 1 aromatic heterocycles. The predicted octanol–water partition coefficient (Wildman–Crippen LogP) is 3.69. The summed E-state index contributed by atoms with van der Waals surface area (Å²) >= 11 is 0. The van der Waals surface area contributed by atoms with Gasteiger partial charge in [0.15, 0.2) is 11.6 Å². The van der Waals surface area contributed by atoms with Gasteiger partial charge in [-0.2, -0.15) is 0 Å². The molecule has 0 atom stereocenters. The standard InChI is InChI=1S/C15H18FNO/c1-3-7-17-13-6-4-5-10(13)11-8-12(16)15(18-2)9-14(11)17/h8-9H,3-7H2,1-2H3. The minimum Gasteiger partial charge on any atom is -0.494 e. The first kappa shape index (κ1) is 11.6. The van der Waals surface area contributed by atoms with Crippen LogP contribution in [0.2, 0.25) is 0 Å². The number of fused-ring (bicyclic) bond motifs is 3.